The number of carbonyl (C=O) groups is 3. The van der Waals surface area contributed by atoms with E-state index in [2.05, 4.69) is 11.9 Å². The highest BCUT2D eigenvalue weighted by Gasteiger charge is 2.34. The van der Waals surface area contributed by atoms with Crippen LogP contribution in [0.4, 0.5) is 0 Å². The summed E-state index contributed by atoms with van der Waals surface area (Å²) in [5.41, 5.74) is 1.05. The summed E-state index contributed by atoms with van der Waals surface area (Å²) in [7, 11) is 0. The number of nitrogens with zero attached hydrogens (tertiary/aromatic N) is 1. The molecule has 1 aromatic rings. The van der Waals surface area contributed by atoms with Gasteiger partial charge in [-0.15, -0.1) is 6.58 Å². The number of rotatable bonds is 18. The molecular weight excluding hydrogens is 400 g/mol. The zero-order valence-electron chi connectivity index (χ0n) is 19.6. The van der Waals surface area contributed by atoms with Crippen LogP contribution in [0.5, 0.6) is 0 Å². The lowest BCUT2D eigenvalue weighted by Gasteiger charge is -2.13. The van der Waals surface area contributed by atoms with Crippen LogP contribution in [0.2, 0.25) is 0 Å². The Hall–Kier alpha value is -2.43. The third-order valence-electron chi connectivity index (χ3n) is 6.07. The number of carbonyl (C=O) groups excluding carboxylic acids is 3. The highest BCUT2D eigenvalue weighted by atomic mass is 16.2. The molecule has 0 atom stereocenters. The Kier molecular flexibility index (Phi) is 12.4. The second-order valence-electron chi connectivity index (χ2n) is 8.73. The third-order valence-corrected chi connectivity index (χ3v) is 6.07. The standard InChI is InChI=1S/C27H40N2O3/c1-2-3-4-5-6-7-10-13-20-25(30)28-21-16-11-8-9-12-17-22-29-26(31)23-18-14-15-19-24(23)27(29)32/h2,14-15,18-19H,1,3-13,16-17,20-22H2,(H,28,30). The Morgan fingerprint density at radius 2 is 1.31 bits per heavy atom. The van der Waals surface area contributed by atoms with E-state index in [1.54, 1.807) is 24.3 Å². The number of hydrogen-bond acceptors (Lipinski definition) is 3. The first-order valence-electron chi connectivity index (χ1n) is 12.5. The zero-order chi connectivity index (χ0) is 23.0. The van der Waals surface area contributed by atoms with E-state index in [1.165, 1.54) is 30.6 Å². The van der Waals surface area contributed by atoms with Gasteiger partial charge in [0.1, 0.15) is 0 Å². The molecule has 0 saturated carbocycles. The van der Waals surface area contributed by atoms with Crippen LogP contribution >= 0.6 is 0 Å². The van der Waals surface area contributed by atoms with Crippen LogP contribution in [0.1, 0.15) is 111 Å². The topological polar surface area (TPSA) is 66.5 Å². The second kappa shape index (κ2) is 15.4. The summed E-state index contributed by atoms with van der Waals surface area (Å²) in [6.45, 7) is 4.99. The Labute approximate surface area is 193 Å². The van der Waals surface area contributed by atoms with Crippen molar-refractivity contribution in [1.29, 1.82) is 0 Å². The highest BCUT2D eigenvalue weighted by Crippen LogP contribution is 2.22. The monoisotopic (exact) mass is 440 g/mol. The molecule has 0 radical (unpaired) electrons. The van der Waals surface area contributed by atoms with Gasteiger partial charge in [-0.05, 0) is 44.2 Å². The first-order valence-corrected chi connectivity index (χ1v) is 12.5. The van der Waals surface area contributed by atoms with Crippen molar-refractivity contribution < 1.29 is 14.4 Å². The molecule has 0 saturated heterocycles. The molecule has 0 unspecified atom stereocenters. The van der Waals surface area contributed by atoms with Gasteiger partial charge >= 0.3 is 0 Å². The van der Waals surface area contributed by atoms with Crippen molar-refractivity contribution in [3.63, 3.8) is 0 Å². The lowest BCUT2D eigenvalue weighted by atomic mass is 10.1. The van der Waals surface area contributed by atoms with Crippen molar-refractivity contribution in [3.05, 3.63) is 48.0 Å². The fourth-order valence-electron chi connectivity index (χ4n) is 4.14. The molecule has 176 valence electrons. The molecule has 5 nitrogen and oxygen atoms in total. The minimum absolute atomic E-state index is 0.162. The summed E-state index contributed by atoms with van der Waals surface area (Å²) in [6, 6.07) is 7.04. The van der Waals surface area contributed by atoms with E-state index >= 15 is 0 Å². The van der Waals surface area contributed by atoms with Gasteiger partial charge < -0.3 is 5.32 Å². The van der Waals surface area contributed by atoms with Crippen LogP contribution in [0.15, 0.2) is 36.9 Å². The molecule has 3 amide bonds. The van der Waals surface area contributed by atoms with Gasteiger partial charge in [0, 0.05) is 19.5 Å². The van der Waals surface area contributed by atoms with Crippen molar-refractivity contribution in [2.45, 2.75) is 89.9 Å². The van der Waals surface area contributed by atoms with Gasteiger partial charge in [0.2, 0.25) is 5.91 Å². The maximum absolute atomic E-state index is 12.3. The number of imide groups is 1. The molecule has 0 spiro atoms. The van der Waals surface area contributed by atoms with Crippen molar-refractivity contribution in [2.24, 2.45) is 0 Å². The van der Waals surface area contributed by atoms with E-state index in [-0.39, 0.29) is 17.7 Å². The Morgan fingerprint density at radius 3 is 1.94 bits per heavy atom. The van der Waals surface area contributed by atoms with Crippen LogP contribution in [0.3, 0.4) is 0 Å². The number of amides is 3. The van der Waals surface area contributed by atoms with Crippen molar-refractivity contribution in [1.82, 2.24) is 10.2 Å². The molecule has 5 heteroatoms. The molecule has 0 aliphatic carbocycles. The molecule has 1 aliphatic heterocycles. The summed E-state index contributed by atoms with van der Waals surface area (Å²) >= 11 is 0. The normalized spacial score (nSPS) is 12.8. The molecule has 1 heterocycles. The molecule has 0 bridgehead atoms. The first-order chi connectivity index (χ1) is 15.6. The van der Waals surface area contributed by atoms with Gasteiger partial charge in [-0.1, -0.05) is 69.6 Å². The van der Waals surface area contributed by atoms with Crippen LogP contribution in [0, 0.1) is 0 Å². The lowest BCUT2D eigenvalue weighted by molar-refractivity contribution is -0.121. The summed E-state index contributed by atoms with van der Waals surface area (Å²) in [6.07, 6.45) is 17.0. The number of hydrogen-bond donors (Lipinski definition) is 1. The minimum atomic E-state index is -0.162. The number of nitrogens with one attached hydrogen (secondary N) is 1. The smallest absolute Gasteiger partial charge is 0.261 e. The van der Waals surface area contributed by atoms with Gasteiger partial charge in [0.25, 0.3) is 11.8 Å². The van der Waals surface area contributed by atoms with Crippen molar-refractivity contribution >= 4 is 17.7 Å². The maximum atomic E-state index is 12.3. The molecule has 1 N–H and O–H groups in total. The average molecular weight is 441 g/mol. The average Bonchev–Trinajstić information content (AvgIpc) is 3.04. The molecule has 32 heavy (non-hydrogen) atoms. The largest absolute Gasteiger partial charge is 0.356 e. The van der Waals surface area contributed by atoms with Gasteiger partial charge in [-0.2, -0.15) is 0 Å². The van der Waals surface area contributed by atoms with Crippen molar-refractivity contribution in [2.75, 3.05) is 13.1 Å². The van der Waals surface area contributed by atoms with E-state index in [9.17, 15) is 14.4 Å². The quantitative estimate of drug-likeness (QED) is 0.172. The summed E-state index contributed by atoms with van der Waals surface area (Å²) < 4.78 is 0. The van der Waals surface area contributed by atoms with E-state index in [0.29, 0.717) is 24.1 Å². The Balaban J connectivity index is 1.38. The molecule has 1 aromatic carbocycles. The predicted molar refractivity (Wildman–Crippen MR) is 130 cm³/mol. The molecular formula is C27H40N2O3. The second-order valence-corrected chi connectivity index (χ2v) is 8.73. The number of fused-ring (bicyclic) bond motifs is 1. The van der Waals surface area contributed by atoms with Crippen LogP contribution < -0.4 is 5.32 Å². The summed E-state index contributed by atoms with van der Waals surface area (Å²) in [4.78, 5) is 37.9. The van der Waals surface area contributed by atoms with E-state index in [1.807, 2.05) is 6.08 Å². The van der Waals surface area contributed by atoms with Gasteiger partial charge in [-0.25, -0.2) is 0 Å². The van der Waals surface area contributed by atoms with Crippen LogP contribution in [-0.2, 0) is 4.79 Å². The third kappa shape index (κ3) is 8.97. The molecule has 0 aromatic heterocycles. The van der Waals surface area contributed by atoms with Gasteiger partial charge in [-0.3, -0.25) is 19.3 Å². The Bertz CT molecular complexity index is 709. The van der Waals surface area contributed by atoms with Gasteiger partial charge in [0.15, 0.2) is 0 Å². The van der Waals surface area contributed by atoms with Crippen LogP contribution in [0.25, 0.3) is 0 Å². The number of allylic oxidation sites excluding steroid dienone is 1. The van der Waals surface area contributed by atoms with Gasteiger partial charge in [0.05, 0.1) is 11.1 Å². The first kappa shape index (κ1) is 25.8. The SMILES string of the molecule is C=CCCCCCCCCC(=O)NCCCCCCCCN1C(=O)c2ccccc2C1=O. The molecule has 0 fully saturated rings. The van der Waals surface area contributed by atoms with E-state index in [0.717, 1.165) is 64.3 Å². The molecule has 2 rings (SSSR count). The fraction of sp³-hybridized carbons (Fsp3) is 0.593. The highest BCUT2D eigenvalue weighted by molar-refractivity contribution is 6.21. The predicted octanol–water partition coefficient (Wildman–Crippen LogP) is 6.05. The maximum Gasteiger partial charge on any atom is 0.261 e. The zero-order valence-corrected chi connectivity index (χ0v) is 19.6. The van der Waals surface area contributed by atoms with E-state index in [4.69, 9.17) is 0 Å². The van der Waals surface area contributed by atoms with E-state index < -0.39 is 0 Å². The Morgan fingerprint density at radius 1 is 0.781 bits per heavy atom. The summed E-state index contributed by atoms with van der Waals surface area (Å²) in [5.74, 6) is -0.146. The number of benzene rings is 1. The van der Waals surface area contributed by atoms with Crippen LogP contribution in [-0.4, -0.2) is 35.7 Å². The minimum Gasteiger partial charge on any atom is -0.356 e. The summed E-state index contributed by atoms with van der Waals surface area (Å²) in [5, 5.41) is 3.03. The number of unbranched alkanes of at least 4 members (excludes halogenated alkanes) is 11. The van der Waals surface area contributed by atoms with Crippen molar-refractivity contribution in [3.8, 4) is 0 Å². The molecule has 1 aliphatic rings. The lowest BCUT2D eigenvalue weighted by Crippen LogP contribution is -2.30. The fourth-order valence-corrected chi connectivity index (χ4v) is 4.14.